The molecule has 0 aliphatic carbocycles. The summed E-state index contributed by atoms with van der Waals surface area (Å²) >= 11 is 0. The van der Waals surface area contributed by atoms with Gasteiger partial charge in [0.05, 0.1) is 41.5 Å². The van der Waals surface area contributed by atoms with Gasteiger partial charge in [-0.3, -0.25) is 4.98 Å². The van der Waals surface area contributed by atoms with Gasteiger partial charge in [0.15, 0.2) is 11.6 Å². The molecule has 0 saturated carbocycles. The Morgan fingerprint density at radius 1 is 0.878 bits per heavy atom. The molecule has 1 unspecified atom stereocenters. The van der Waals surface area contributed by atoms with Crippen molar-refractivity contribution in [3.63, 3.8) is 0 Å². The molecule has 0 radical (unpaired) electrons. The number of nitrogens with zero attached hydrogens (tertiary/aromatic N) is 6. The van der Waals surface area contributed by atoms with Crippen LogP contribution >= 0.6 is 0 Å². The van der Waals surface area contributed by atoms with Gasteiger partial charge in [0.2, 0.25) is 11.9 Å². The monoisotopic (exact) mass is 566 g/mol. The first-order chi connectivity index (χ1) is 19.6. The molecule has 220 valence electrons. The molecule has 0 amide bonds. The van der Waals surface area contributed by atoms with E-state index in [0.717, 1.165) is 37.4 Å². The molecule has 0 aromatic carbocycles. The van der Waals surface area contributed by atoms with Gasteiger partial charge in [-0.05, 0) is 50.7 Å². The number of pyridine rings is 2. The summed E-state index contributed by atoms with van der Waals surface area (Å²) < 4.78 is 13.8. The molecule has 0 aliphatic rings. The van der Waals surface area contributed by atoms with Gasteiger partial charge in [-0.15, -0.1) is 0 Å². The quantitative estimate of drug-likeness (QED) is 0.137. The van der Waals surface area contributed by atoms with Crippen LogP contribution in [-0.2, 0) is 0 Å². The van der Waals surface area contributed by atoms with Gasteiger partial charge in [0.25, 0.3) is 0 Å². The van der Waals surface area contributed by atoms with E-state index >= 15 is 0 Å². The zero-order valence-electron chi connectivity index (χ0n) is 23.8. The molecule has 4 heterocycles. The minimum absolute atomic E-state index is 0.0365. The highest BCUT2D eigenvalue weighted by Crippen LogP contribution is 2.34. The Labute approximate surface area is 238 Å². The number of aromatic nitrogens is 6. The van der Waals surface area contributed by atoms with E-state index in [1.54, 1.807) is 20.0 Å². The van der Waals surface area contributed by atoms with E-state index < -0.39 is 24.1 Å². The van der Waals surface area contributed by atoms with Crippen molar-refractivity contribution in [1.82, 2.24) is 29.9 Å². The summed E-state index contributed by atoms with van der Waals surface area (Å²) in [7, 11) is 0. The van der Waals surface area contributed by atoms with Crippen LogP contribution in [-0.4, -0.2) is 64.4 Å². The number of hydrogen-bond acceptors (Lipinski definition) is 12. The van der Waals surface area contributed by atoms with Crippen molar-refractivity contribution in [2.45, 2.75) is 90.0 Å². The molecular weight excluding hydrogens is 527 g/mol. The Kier molecular flexibility index (Phi) is 9.61. The van der Waals surface area contributed by atoms with Crippen molar-refractivity contribution in [3.8, 4) is 0 Å². The van der Waals surface area contributed by atoms with Gasteiger partial charge in [0.1, 0.15) is 16.9 Å². The normalized spacial score (nSPS) is 15.4. The zero-order valence-corrected chi connectivity index (χ0v) is 23.8. The van der Waals surface area contributed by atoms with Crippen LogP contribution in [0.1, 0.15) is 71.3 Å². The van der Waals surface area contributed by atoms with Crippen LogP contribution in [0.5, 0.6) is 0 Å². The van der Waals surface area contributed by atoms with Crippen molar-refractivity contribution in [3.05, 3.63) is 35.9 Å². The van der Waals surface area contributed by atoms with Crippen molar-refractivity contribution < 1.29 is 14.6 Å². The highest BCUT2D eigenvalue weighted by atomic mass is 19.1. The molecule has 4 aromatic heterocycles. The van der Waals surface area contributed by atoms with E-state index in [4.69, 9.17) is 11.5 Å². The summed E-state index contributed by atoms with van der Waals surface area (Å²) in [6.07, 6.45) is 5.32. The van der Waals surface area contributed by atoms with Crippen molar-refractivity contribution in [2.75, 3.05) is 22.1 Å². The number of nitrogens with two attached hydrogens (primary N) is 2. The van der Waals surface area contributed by atoms with Gasteiger partial charge < -0.3 is 32.3 Å². The van der Waals surface area contributed by atoms with Crippen LogP contribution in [0.2, 0.25) is 0 Å². The van der Waals surface area contributed by atoms with Gasteiger partial charge >= 0.3 is 0 Å². The summed E-state index contributed by atoms with van der Waals surface area (Å²) in [5.74, 6) is 0.225. The van der Waals surface area contributed by atoms with E-state index in [1.807, 2.05) is 6.07 Å². The Hall–Kier alpha value is -3.97. The van der Waals surface area contributed by atoms with Crippen LogP contribution < -0.4 is 22.1 Å². The van der Waals surface area contributed by atoms with Gasteiger partial charge in [-0.1, -0.05) is 26.7 Å². The third kappa shape index (κ3) is 7.03. The van der Waals surface area contributed by atoms with E-state index in [9.17, 15) is 14.6 Å². The molecule has 8 N–H and O–H groups in total. The number of aliphatic hydroxyl groups excluding tert-OH is 2. The number of anilines is 4. The van der Waals surface area contributed by atoms with Crippen LogP contribution in [0.15, 0.2) is 24.5 Å². The van der Waals surface area contributed by atoms with Crippen molar-refractivity contribution in [1.29, 1.82) is 0 Å². The maximum atomic E-state index is 13.8. The van der Waals surface area contributed by atoms with E-state index in [0.29, 0.717) is 34.6 Å². The van der Waals surface area contributed by atoms with Crippen molar-refractivity contribution >= 4 is 45.6 Å². The lowest BCUT2D eigenvalue weighted by Gasteiger charge is -2.28. The molecule has 13 heteroatoms. The second-order valence-electron chi connectivity index (χ2n) is 10.4. The predicted octanol–water partition coefficient (Wildman–Crippen LogP) is 3.76. The Bertz CT molecular complexity index is 1480. The smallest absolute Gasteiger partial charge is 0.222 e. The molecule has 4 rings (SSSR count). The highest BCUT2D eigenvalue weighted by molar-refractivity contribution is 5.89. The molecule has 0 saturated heterocycles. The van der Waals surface area contributed by atoms with E-state index in [2.05, 4.69) is 54.4 Å². The fourth-order valence-electron chi connectivity index (χ4n) is 5.02. The average molecular weight is 567 g/mol. The second kappa shape index (κ2) is 13.1. The lowest BCUT2D eigenvalue weighted by molar-refractivity contribution is 0.163. The molecule has 41 heavy (non-hydrogen) atoms. The van der Waals surface area contributed by atoms with Crippen LogP contribution in [0.3, 0.4) is 0 Å². The fraction of sp³-hybridized carbons (Fsp3) is 0.500. The third-order valence-corrected chi connectivity index (χ3v) is 7.30. The van der Waals surface area contributed by atoms with Gasteiger partial charge in [-0.2, -0.15) is 9.97 Å². The minimum Gasteiger partial charge on any atom is -0.391 e. The lowest BCUT2D eigenvalue weighted by Crippen LogP contribution is -2.34. The molecule has 0 aliphatic heterocycles. The third-order valence-electron chi connectivity index (χ3n) is 7.30. The number of aliphatic hydroxyl groups is 2. The Morgan fingerprint density at radius 2 is 1.54 bits per heavy atom. The minimum atomic E-state index is -0.786. The predicted molar refractivity (Wildman–Crippen MR) is 159 cm³/mol. The first-order valence-electron chi connectivity index (χ1n) is 14.0. The average Bonchev–Trinajstić information content (AvgIpc) is 2.92. The first kappa shape index (κ1) is 30.0. The van der Waals surface area contributed by atoms with E-state index in [-0.39, 0.29) is 29.4 Å². The largest absolute Gasteiger partial charge is 0.391 e. The maximum Gasteiger partial charge on any atom is 0.222 e. The van der Waals surface area contributed by atoms with Crippen LogP contribution in [0.25, 0.3) is 22.1 Å². The van der Waals surface area contributed by atoms with Crippen LogP contribution in [0, 0.1) is 5.82 Å². The summed E-state index contributed by atoms with van der Waals surface area (Å²) in [4.78, 5) is 26.0. The summed E-state index contributed by atoms with van der Waals surface area (Å²) in [6.45, 7) is 7.58. The summed E-state index contributed by atoms with van der Waals surface area (Å²) in [5, 5.41) is 27.7. The standard InChI is InChI=1S/C28H39FN10O2/c1-5-7-8-19(14(3)40)34-26-24-22(37-28(31)39-26)18(9-10-32-24)16(6-2)11-20(15(4)41)35-25-23-21(36-27(30)38-25)12-17(29)13-33-23/h9-10,12-16,19-20,40-41H,5-8,11H2,1-4H3,(H3,30,35,36,38)(H3,31,34,37,39)/t14-,15-,16?,19+,20+/m0/s1. The second-order valence-corrected chi connectivity index (χ2v) is 10.4. The molecule has 12 nitrogen and oxygen atoms in total. The summed E-state index contributed by atoms with van der Waals surface area (Å²) in [6, 6.07) is 2.44. The zero-order chi connectivity index (χ0) is 29.7. The lowest BCUT2D eigenvalue weighted by atomic mass is 9.88. The van der Waals surface area contributed by atoms with Gasteiger partial charge in [0, 0.05) is 12.3 Å². The number of hydrogen-bond donors (Lipinski definition) is 6. The Morgan fingerprint density at radius 3 is 2.20 bits per heavy atom. The maximum absolute atomic E-state index is 13.8. The summed E-state index contributed by atoms with van der Waals surface area (Å²) in [5.41, 5.74) is 14.7. The van der Waals surface area contributed by atoms with Crippen molar-refractivity contribution in [2.24, 2.45) is 0 Å². The number of fused-ring (bicyclic) bond motifs is 2. The number of rotatable bonds is 13. The number of nitrogens with one attached hydrogen (secondary N) is 2. The topological polar surface area (TPSA) is 194 Å². The molecule has 4 aromatic rings. The SMILES string of the molecule is CCCC[C@@H](Nc1nc(N)nc2c(C(CC)C[C@@H](Nc3nc(N)nc4cc(F)cnc34)[C@H](C)O)ccnc12)[C@H](C)O. The molecule has 0 bridgehead atoms. The number of nitrogen functional groups attached to an aromatic ring is 2. The Balaban J connectivity index is 1.68. The molecular formula is C28H39FN10O2. The molecule has 5 atom stereocenters. The highest BCUT2D eigenvalue weighted by Gasteiger charge is 2.26. The first-order valence-corrected chi connectivity index (χ1v) is 14.0. The molecule has 0 fully saturated rings. The number of halogens is 1. The fourth-order valence-corrected chi connectivity index (χ4v) is 5.02. The van der Waals surface area contributed by atoms with Crippen LogP contribution in [0.4, 0.5) is 27.9 Å². The van der Waals surface area contributed by atoms with Gasteiger partial charge in [-0.25, -0.2) is 19.3 Å². The van der Waals surface area contributed by atoms with E-state index in [1.165, 1.54) is 6.07 Å². The number of unbranched alkanes of at least 4 members (excludes halogenated alkanes) is 1. The molecule has 0 spiro atoms.